The average Bonchev–Trinajstić information content (AvgIpc) is 2.08. The highest BCUT2D eigenvalue weighted by molar-refractivity contribution is 6.53. The van der Waals surface area contributed by atoms with E-state index < -0.39 is 0 Å². The molecule has 0 unspecified atom stereocenters. The molecule has 0 aromatic heterocycles. The molecule has 0 fully saturated rings. The van der Waals surface area contributed by atoms with Crippen molar-refractivity contribution < 1.29 is 5.11 Å². The molecule has 12 heavy (non-hydrogen) atoms. The minimum atomic E-state index is 0.373. The summed E-state index contributed by atoms with van der Waals surface area (Å²) in [4.78, 5) is 0. The Morgan fingerprint density at radius 1 is 1.50 bits per heavy atom. The molecular formula is C10H13BO. The Hall–Kier alpha value is -1.18. The number of aromatic hydroxyl groups is 1. The zero-order valence-electron chi connectivity index (χ0n) is 7.59. The molecule has 1 aromatic rings. The van der Waals surface area contributed by atoms with Crippen molar-refractivity contribution in [2.45, 2.75) is 13.7 Å². The molecule has 62 valence electrons. The normalized spacial score (nSPS) is 9.50. The van der Waals surface area contributed by atoms with E-state index in [9.17, 15) is 5.11 Å². The van der Waals surface area contributed by atoms with Gasteiger partial charge in [-0.2, -0.15) is 0 Å². The van der Waals surface area contributed by atoms with Crippen LogP contribution in [0.3, 0.4) is 0 Å². The lowest BCUT2D eigenvalue weighted by Gasteiger charge is -2.06. The van der Waals surface area contributed by atoms with Crippen molar-refractivity contribution in [2.75, 3.05) is 0 Å². The fourth-order valence-corrected chi connectivity index (χ4v) is 1.31. The summed E-state index contributed by atoms with van der Waals surface area (Å²) < 4.78 is 0. The SMILES string of the molecule is C=Cc1cc(C)cc(BC)c1O. The van der Waals surface area contributed by atoms with E-state index in [-0.39, 0.29) is 0 Å². The Bertz CT molecular complexity index is 305. The maximum atomic E-state index is 9.64. The van der Waals surface area contributed by atoms with E-state index in [2.05, 4.69) is 6.58 Å². The molecule has 0 amide bonds. The van der Waals surface area contributed by atoms with Gasteiger partial charge < -0.3 is 5.11 Å². The molecule has 0 heterocycles. The summed E-state index contributed by atoms with van der Waals surface area (Å²) in [6, 6.07) is 3.93. The zero-order valence-corrected chi connectivity index (χ0v) is 7.59. The topological polar surface area (TPSA) is 20.2 Å². The first-order chi connectivity index (χ1) is 5.69. The molecule has 0 aliphatic rings. The van der Waals surface area contributed by atoms with Crippen molar-refractivity contribution in [1.82, 2.24) is 0 Å². The van der Waals surface area contributed by atoms with E-state index in [4.69, 9.17) is 0 Å². The fourth-order valence-electron chi connectivity index (χ4n) is 1.31. The molecule has 1 rings (SSSR count). The molecule has 0 spiro atoms. The summed E-state index contributed by atoms with van der Waals surface area (Å²) in [5.41, 5.74) is 2.98. The predicted octanol–water partition coefficient (Wildman–Crippen LogP) is 1.45. The first kappa shape index (κ1) is 8.92. The Morgan fingerprint density at radius 2 is 2.17 bits per heavy atom. The Balaban J connectivity index is 3.31. The van der Waals surface area contributed by atoms with Crippen LogP contribution in [-0.2, 0) is 0 Å². The van der Waals surface area contributed by atoms with E-state index in [0.29, 0.717) is 5.75 Å². The molecule has 0 saturated heterocycles. The van der Waals surface area contributed by atoms with Gasteiger partial charge in [-0.1, -0.05) is 31.1 Å². The van der Waals surface area contributed by atoms with Crippen LogP contribution >= 0.6 is 0 Å². The first-order valence-corrected chi connectivity index (χ1v) is 4.14. The highest BCUT2D eigenvalue weighted by atomic mass is 16.3. The van der Waals surface area contributed by atoms with Crippen LogP contribution in [0, 0.1) is 6.92 Å². The molecule has 0 atom stereocenters. The van der Waals surface area contributed by atoms with Gasteiger partial charge in [0.1, 0.15) is 5.75 Å². The number of aryl methyl sites for hydroxylation is 1. The largest absolute Gasteiger partial charge is 0.508 e. The van der Waals surface area contributed by atoms with E-state index in [1.165, 1.54) is 5.56 Å². The van der Waals surface area contributed by atoms with Crippen LogP contribution in [0.15, 0.2) is 18.7 Å². The van der Waals surface area contributed by atoms with Gasteiger partial charge in [-0.05, 0) is 18.5 Å². The summed E-state index contributed by atoms with van der Waals surface area (Å²) in [5.74, 6) is 0.373. The number of benzene rings is 1. The molecule has 1 aromatic carbocycles. The number of phenols is 1. The second-order valence-electron chi connectivity index (χ2n) is 2.92. The van der Waals surface area contributed by atoms with E-state index in [1.807, 2.05) is 25.9 Å². The third-order valence-electron chi connectivity index (χ3n) is 1.96. The van der Waals surface area contributed by atoms with Gasteiger partial charge in [0, 0.05) is 5.56 Å². The molecule has 1 nitrogen and oxygen atoms in total. The van der Waals surface area contributed by atoms with Gasteiger partial charge in [-0.15, -0.1) is 0 Å². The minimum absolute atomic E-state index is 0.373. The lowest BCUT2D eigenvalue weighted by Crippen LogP contribution is -2.12. The summed E-state index contributed by atoms with van der Waals surface area (Å²) in [5, 5.41) is 9.64. The van der Waals surface area contributed by atoms with Gasteiger partial charge in [0.05, 0.1) is 0 Å². The van der Waals surface area contributed by atoms with Crippen LogP contribution < -0.4 is 5.46 Å². The summed E-state index contributed by atoms with van der Waals surface area (Å²) in [6.45, 7) is 7.70. The van der Waals surface area contributed by atoms with Crippen molar-refractivity contribution >= 4 is 18.8 Å². The smallest absolute Gasteiger partial charge is 0.159 e. The Kier molecular flexibility index (Phi) is 2.59. The van der Waals surface area contributed by atoms with Gasteiger partial charge >= 0.3 is 0 Å². The van der Waals surface area contributed by atoms with Crippen LogP contribution in [0.1, 0.15) is 11.1 Å². The number of hydrogen-bond acceptors (Lipinski definition) is 1. The van der Waals surface area contributed by atoms with Crippen molar-refractivity contribution in [2.24, 2.45) is 0 Å². The van der Waals surface area contributed by atoms with Gasteiger partial charge in [0.15, 0.2) is 7.28 Å². The number of rotatable bonds is 2. The second-order valence-corrected chi connectivity index (χ2v) is 2.92. The quantitative estimate of drug-likeness (QED) is 0.649. The summed E-state index contributed by atoms with van der Waals surface area (Å²) in [7, 11) is 0.856. The third-order valence-corrected chi connectivity index (χ3v) is 1.96. The van der Waals surface area contributed by atoms with Crippen molar-refractivity contribution in [3.8, 4) is 5.75 Å². The molecule has 0 saturated carbocycles. The number of phenolic OH excluding ortho intramolecular Hbond substituents is 1. The molecule has 0 bridgehead atoms. The highest BCUT2D eigenvalue weighted by Crippen LogP contribution is 2.16. The molecule has 1 N–H and O–H groups in total. The summed E-state index contributed by atoms with van der Waals surface area (Å²) in [6.07, 6.45) is 1.68. The number of hydrogen-bond donors (Lipinski definition) is 1. The molecule has 0 radical (unpaired) electrons. The van der Waals surface area contributed by atoms with E-state index in [0.717, 1.165) is 18.3 Å². The zero-order chi connectivity index (χ0) is 9.14. The lowest BCUT2D eigenvalue weighted by atomic mass is 9.71. The standard InChI is InChI=1S/C10H13BO/c1-4-8-5-7(2)6-9(11-3)10(8)12/h4-6,11-12H,1H2,2-3H3. The average molecular weight is 160 g/mol. The molecule has 0 aliphatic carbocycles. The van der Waals surface area contributed by atoms with Crippen molar-refractivity contribution in [3.05, 3.63) is 29.8 Å². The highest BCUT2D eigenvalue weighted by Gasteiger charge is 2.04. The van der Waals surface area contributed by atoms with Gasteiger partial charge in [-0.3, -0.25) is 0 Å². The third kappa shape index (κ3) is 1.52. The Labute approximate surface area is 74.0 Å². The fraction of sp³-hybridized carbons (Fsp3) is 0.200. The minimum Gasteiger partial charge on any atom is -0.508 e. The van der Waals surface area contributed by atoms with E-state index >= 15 is 0 Å². The van der Waals surface area contributed by atoms with Crippen LogP contribution in [0.2, 0.25) is 6.82 Å². The first-order valence-electron chi connectivity index (χ1n) is 4.14. The van der Waals surface area contributed by atoms with Gasteiger partial charge in [0.25, 0.3) is 0 Å². The van der Waals surface area contributed by atoms with Crippen LogP contribution in [0.5, 0.6) is 5.75 Å². The molecule has 0 aliphatic heterocycles. The van der Waals surface area contributed by atoms with Crippen molar-refractivity contribution in [1.29, 1.82) is 0 Å². The van der Waals surface area contributed by atoms with Crippen molar-refractivity contribution in [3.63, 3.8) is 0 Å². The van der Waals surface area contributed by atoms with Crippen LogP contribution in [0.4, 0.5) is 0 Å². The predicted molar refractivity (Wildman–Crippen MR) is 55.6 cm³/mol. The molecule has 2 heteroatoms. The van der Waals surface area contributed by atoms with Crippen LogP contribution in [0.25, 0.3) is 6.08 Å². The van der Waals surface area contributed by atoms with Gasteiger partial charge in [-0.25, -0.2) is 0 Å². The maximum absolute atomic E-state index is 9.64. The maximum Gasteiger partial charge on any atom is 0.159 e. The second kappa shape index (κ2) is 3.48. The lowest BCUT2D eigenvalue weighted by molar-refractivity contribution is 0.478. The molecular weight excluding hydrogens is 147 g/mol. The monoisotopic (exact) mass is 160 g/mol. The van der Waals surface area contributed by atoms with E-state index in [1.54, 1.807) is 6.08 Å². The Morgan fingerprint density at radius 3 is 2.67 bits per heavy atom. The van der Waals surface area contributed by atoms with Gasteiger partial charge in [0.2, 0.25) is 0 Å². The van der Waals surface area contributed by atoms with Crippen LogP contribution in [-0.4, -0.2) is 12.4 Å². The summed E-state index contributed by atoms with van der Waals surface area (Å²) >= 11 is 0.